The van der Waals surface area contributed by atoms with Crippen molar-refractivity contribution < 1.29 is 18.9 Å². The van der Waals surface area contributed by atoms with Crippen molar-refractivity contribution in [1.82, 2.24) is 0 Å². The smallest absolute Gasteiger partial charge is 0.296 e. The molecule has 7 heteroatoms. The number of nitrogens with one attached hydrogen (secondary N) is 1. The van der Waals surface area contributed by atoms with Gasteiger partial charge < -0.3 is 14.5 Å². The Morgan fingerprint density at radius 1 is 1.36 bits per heavy atom. The van der Waals surface area contributed by atoms with E-state index < -0.39 is 10.8 Å². The van der Waals surface area contributed by atoms with Crippen LogP contribution in [-0.2, 0) is 4.79 Å². The number of methoxy groups -OCH3 is 1. The maximum Gasteiger partial charge on any atom is 0.296 e. The number of nitro groups is 1. The number of ether oxygens (including phenoxy) is 1. The van der Waals surface area contributed by atoms with Gasteiger partial charge in [-0.2, -0.15) is 0 Å². The minimum atomic E-state index is -0.586. The first-order valence-electron chi connectivity index (χ1n) is 6.37. The van der Waals surface area contributed by atoms with E-state index in [1.807, 2.05) is 0 Å². The van der Waals surface area contributed by atoms with Crippen LogP contribution in [0.2, 0.25) is 0 Å². The number of amides is 1. The van der Waals surface area contributed by atoms with Crippen molar-refractivity contribution >= 4 is 23.4 Å². The van der Waals surface area contributed by atoms with Crippen LogP contribution in [-0.4, -0.2) is 17.9 Å². The number of aryl methyl sites for hydroxylation is 1. The van der Waals surface area contributed by atoms with Crippen LogP contribution in [0.15, 0.2) is 40.8 Å². The maximum absolute atomic E-state index is 11.8. The molecule has 0 aliphatic heterocycles. The standard InChI is InChI=1S/C15H14N2O5/c1-10-3-4-11(22-10)6-8-15(18)16-13-7-5-12(21-2)9-14(13)17(19)20/h3-9H,1-2H3,(H,16,18). The van der Waals surface area contributed by atoms with Gasteiger partial charge in [0.25, 0.3) is 5.69 Å². The van der Waals surface area contributed by atoms with Gasteiger partial charge in [-0.15, -0.1) is 0 Å². The fraction of sp³-hybridized carbons (Fsp3) is 0.133. The van der Waals surface area contributed by atoms with Crippen molar-refractivity contribution in [1.29, 1.82) is 0 Å². The van der Waals surface area contributed by atoms with E-state index in [0.29, 0.717) is 11.5 Å². The summed E-state index contributed by atoms with van der Waals surface area (Å²) >= 11 is 0. The molecule has 0 unspecified atom stereocenters. The topological polar surface area (TPSA) is 94.6 Å². The minimum absolute atomic E-state index is 0.0936. The van der Waals surface area contributed by atoms with E-state index in [9.17, 15) is 14.9 Å². The third-order valence-electron chi connectivity index (χ3n) is 2.82. The molecule has 0 saturated heterocycles. The predicted octanol–water partition coefficient (Wildman–Crippen LogP) is 3.16. The number of rotatable bonds is 5. The lowest BCUT2D eigenvalue weighted by molar-refractivity contribution is -0.384. The van der Waals surface area contributed by atoms with Gasteiger partial charge in [-0.25, -0.2) is 0 Å². The molecule has 0 spiro atoms. The lowest BCUT2D eigenvalue weighted by Crippen LogP contribution is -2.09. The van der Waals surface area contributed by atoms with Crippen molar-refractivity contribution in [3.05, 3.63) is 58.0 Å². The summed E-state index contributed by atoms with van der Waals surface area (Å²) in [5, 5.41) is 13.5. The summed E-state index contributed by atoms with van der Waals surface area (Å²) in [7, 11) is 1.41. The van der Waals surface area contributed by atoms with Gasteiger partial charge in [0, 0.05) is 6.08 Å². The first-order valence-corrected chi connectivity index (χ1v) is 6.37. The SMILES string of the molecule is COc1ccc(NC(=O)C=Cc2ccc(C)o2)c([N+](=O)[O-])c1. The molecular formula is C15H14N2O5. The number of nitrogens with zero attached hydrogens (tertiary/aromatic N) is 1. The molecule has 114 valence electrons. The van der Waals surface area contributed by atoms with Crippen molar-refractivity contribution in [2.24, 2.45) is 0 Å². The van der Waals surface area contributed by atoms with Crippen LogP contribution >= 0.6 is 0 Å². The summed E-state index contributed by atoms with van der Waals surface area (Å²) in [6.07, 6.45) is 2.73. The highest BCUT2D eigenvalue weighted by atomic mass is 16.6. The van der Waals surface area contributed by atoms with E-state index in [1.165, 1.54) is 37.5 Å². The molecule has 22 heavy (non-hydrogen) atoms. The summed E-state index contributed by atoms with van der Waals surface area (Å²) in [6, 6.07) is 7.68. The van der Waals surface area contributed by atoms with Crippen LogP contribution in [0, 0.1) is 17.0 Å². The molecule has 0 bridgehead atoms. The highest BCUT2D eigenvalue weighted by Crippen LogP contribution is 2.28. The molecule has 1 heterocycles. The van der Waals surface area contributed by atoms with Crippen molar-refractivity contribution in [2.45, 2.75) is 6.92 Å². The summed E-state index contributed by atoms with van der Waals surface area (Å²) in [5.41, 5.74) is -0.147. The van der Waals surface area contributed by atoms with E-state index in [1.54, 1.807) is 19.1 Å². The van der Waals surface area contributed by atoms with E-state index in [0.717, 1.165) is 5.76 Å². The van der Waals surface area contributed by atoms with E-state index >= 15 is 0 Å². The number of carbonyl (C=O) groups is 1. The predicted molar refractivity (Wildman–Crippen MR) is 80.8 cm³/mol. The number of hydrogen-bond acceptors (Lipinski definition) is 5. The van der Waals surface area contributed by atoms with Crippen LogP contribution in [0.4, 0.5) is 11.4 Å². The molecule has 1 aromatic heterocycles. The summed E-state index contributed by atoms with van der Waals surface area (Å²) in [4.78, 5) is 22.3. The zero-order valence-electron chi connectivity index (χ0n) is 12.0. The van der Waals surface area contributed by atoms with Crippen molar-refractivity contribution in [3.8, 4) is 5.75 Å². The fourth-order valence-electron chi connectivity index (χ4n) is 1.77. The Morgan fingerprint density at radius 3 is 2.73 bits per heavy atom. The van der Waals surface area contributed by atoms with Gasteiger partial charge in [-0.05, 0) is 37.3 Å². The molecular weight excluding hydrogens is 288 g/mol. The molecule has 7 nitrogen and oxygen atoms in total. The normalized spacial score (nSPS) is 10.6. The van der Waals surface area contributed by atoms with E-state index in [2.05, 4.69) is 5.32 Å². The Kier molecular flexibility index (Phi) is 4.57. The molecule has 1 amide bonds. The lowest BCUT2D eigenvalue weighted by Gasteiger charge is -2.05. The molecule has 0 saturated carbocycles. The second-order valence-corrected chi connectivity index (χ2v) is 4.41. The molecule has 1 aromatic carbocycles. The molecule has 0 atom stereocenters. The van der Waals surface area contributed by atoms with Gasteiger partial charge >= 0.3 is 0 Å². The van der Waals surface area contributed by atoms with Crippen LogP contribution in [0.5, 0.6) is 5.75 Å². The third kappa shape index (κ3) is 3.72. The van der Waals surface area contributed by atoms with E-state index in [4.69, 9.17) is 9.15 Å². The molecule has 2 rings (SSSR count). The minimum Gasteiger partial charge on any atom is -0.496 e. The second-order valence-electron chi connectivity index (χ2n) is 4.41. The third-order valence-corrected chi connectivity index (χ3v) is 2.82. The quantitative estimate of drug-likeness (QED) is 0.520. The van der Waals surface area contributed by atoms with Gasteiger partial charge in [-0.3, -0.25) is 14.9 Å². The van der Waals surface area contributed by atoms with Gasteiger partial charge in [0.2, 0.25) is 5.91 Å². The second kappa shape index (κ2) is 6.57. The Bertz CT molecular complexity index is 733. The number of hydrogen-bond donors (Lipinski definition) is 1. The summed E-state index contributed by atoms with van der Waals surface area (Å²) < 4.78 is 10.2. The monoisotopic (exact) mass is 302 g/mol. The Hall–Kier alpha value is -3.09. The molecule has 1 N–H and O–H groups in total. The van der Waals surface area contributed by atoms with Gasteiger partial charge in [-0.1, -0.05) is 0 Å². The number of anilines is 1. The van der Waals surface area contributed by atoms with Crippen molar-refractivity contribution in [3.63, 3.8) is 0 Å². The Balaban J connectivity index is 2.14. The van der Waals surface area contributed by atoms with Crippen LogP contribution in [0.1, 0.15) is 11.5 Å². The van der Waals surface area contributed by atoms with Gasteiger partial charge in [0.15, 0.2) is 0 Å². The Morgan fingerprint density at radius 2 is 2.14 bits per heavy atom. The molecule has 0 aliphatic rings. The molecule has 0 aliphatic carbocycles. The zero-order valence-corrected chi connectivity index (χ0v) is 12.0. The number of carbonyl (C=O) groups excluding carboxylic acids is 1. The van der Waals surface area contributed by atoms with Crippen LogP contribution in [0.25, 0.3) is 6.08 Å². The van der Waals surface area contributed by atoms with Gasteiger partial charge in [0.05, 0.1) is 18.1 Å². The highest BCUT2D eigenvalue weighted by molar-refractivity contribution is 6.03. The molecule has 0 fully saturated rings. The summed E-state index contributed by atoms with van der Waals surface area (Å²) in [5.74, 6) is 1.09. The van der Waals surface area contributed by atoms with Crippen molar-refractivity contribution in [2.75, 3.05) is 12.4 Å². The van der Waals surface area contributed by atoms with Crippen LogP contribution < -0.4 is 10.1 Å². The number of nitro benzene ring substituents is 1. The molecule has 2 aromatic rings. The zero-order chi connectivity index (χ0) is 16.1. The lowest BCUT2D eigenvalue weighted by atomic mass is 10.2. The average molecular weight is 302 g/mol. The van der Waals surface area contributed by atoms with E-state index in [-0.39, 0.29) is 11.4 Å². The Labute approximate surface area is 126 Å². The van der Waals surface area contributed by atoms with Crippen LogP contribution in [0.3, 0.4) is 0 Å². The first-order chi connectivity index (χ1) is 10.5. The van der Waals surface area contributed by atoms with Gasteiger partial charge in [0.1, 0.15) is 23.0 Å². The summed E-state index contributed by atoms with van der Waals surface area (Å²) in [6.45, 7) is 1.79. The average Bonchev–Trinajstić information content (AvgIpc) is 2.91. The highest BCUT2D eigenvalue weighted by Gasteiger charge is 2.16. The number of furan rings is 1. The first kappa shape index (κ1) is 15.3. The number of benzene rings is 1. The fourth-order valence-corrected chi connectivity index (χ4v) is 1.77. The molecule has 0 radical (unpaired) electrons. The largest absolute Gasteiger partial charge is 0.496 e. The maximum atomic E-state index is 11.8.